The Morgan fingerprint density at radius 3 is 2.71 bits per heavy atom. The van der Waals surface area contributed by atoms with E-state index in [1.54, 1.807) is 6.07 Å². The van der Waals surface area contributed by atoms with Crippen LogP contribution < -0.4 is 15.8 Å². The van der Waals surface area contributed by atoms with Gasteiger partial charge in [0.2, 0.25) is 5.91 Å². The molecule has 0 bridgehead atoms. The van der Waals surface area contributed by atoms with Crippen LogP contribution >= 0.6 is 0 Å². The van der Waals surface area contributed by atoms with Crippen LogP contribution in [-0.4, -0.2) is 36.5 Å². The van der Waals surface area contributed by atoms with Crippen molar-refractivity contribution in [2.75, 3.05) is 30.7 Å². The van der Waals surface area contributed by atoms with E-state index in [9.17, 15) is 4.79 Å². The number of likely N-dealkylation sites (tertiary alicyclic amines) is 1. The lowest BCUT2D eigenvalue weighted by atomic mass is 10.1. The third-order valence-corrected chi connectivity index (χ3v) is 3.53. The van der Waals surface area contributed by atoms with Gasteiger partial charge < -0.3 is 20.7 Å². The largest absolute Gasteiger partial charge is 0.489 e. The maximum atomic E-state index is 12.1. The highest BCUT2D eigenvalue weighted by molar-refractivity contribution is 5.81. The van der Waals surface area contributed by atoms with Crippen molar-refractivity contribution in [2.24, 2.45) is 0 Å². The van der Waals surface area contributed by atoms with E-state index in [1.807, 2.05) is 30.9 Å². The lowest BCUT2D eigenvalue weighted by Crippen LogP contribution is -2.39. The van der Waals surface area contributed by atoms with E-state index in [0.717, 1.165) is 31.6 Å². The van der Waals surface area contributed by atoms with E-state index in [2.05, 4.69) is 5.32 Å². The van der Waals surface area contributed by atoms with Gasteiger partial charge in [-0.15, -0.1) is 0 Å². The van der Waals surface area contributed by atoms with Crippen LogP contribution in [0, 0.1) is 0 Å². The average Bonchev–Trinajstić information content (AvgIpc) is 2.48. The molecule has 5 heteroatoms. The van der Waals surface area contributed by atoms with Gasteiger partial charge in [-0.05, 0) is 45.2 Å². The van der Waals surface area contributed by atoms with Crippen molar-refractivity contribution in [3.05, 3.63) is 18.2 Å². The van der Waals surface area contributed by atoms with Gasteiger partial charge >= 0.3 is 0 Å². The third-order valence-electron chi connectivity index (χ3n) is 3.53. The second-order valence-electron chi connectivity index (χ2n) is 5.71. The summed E-state index contributed by atoms with van der Waals surface area (Å²) in [6.45, 7) is 5.98. The van der Waals surface area contributed by atoms with E-state index >= 15 is 0 Å². The molecule has 5 nitrogen and oxygen atoms in total. The summed E-state index contributed by atoms with van der Waals surface area (Å²) in [4.78, 5) is 14.0. The fourth-order valence-corrected chi connectivity index (χ4v) is 2.43. The van der Waals surface area contributed by atoms with Gasteiger partial charge in [0.25, 0.3) is 0 Å². The molecule has 1 aromatic rings. The molecule has 1 amide bonds. The summed E-state index contributed by atoms with van der Waals surface area (Å²) in [6.07, 6.45) is 3.52. The smallest absolute Gasteiger partial charge is 0.241 e. The lowest BCUT2D eigenvalue weighted by Gasteiger charge is -2.27. The Kier molecular flexibility index (Phi) is 5.31. The van der Waals surface area contributed by atoms with E-state index in [0.29, 0.717) is 18.0 Å². The molecule has 21 heavy (non-hydrogen) atoms. The summed E-state index contributed by atoms with van der Waals surface area (Å²) in [7, 11) is 0. The zero-order chi connectivity index (χ0) is 15.2. The van der Waals surface area contributed by atoms with Gasteiger partial charge in [0.15, 0.2) is 0 Å². The van der Waals surface area contributed by atoms with Gasteiger partial charge in [0.1, 0.15) is 5.75 Å². The first-order valence-corrected chi connectivity index (χ1v) is 7.64. The number of nitrogens with two attached hydrogens (primary N) is 1. The summed E-state index contributed by atoms with van der Waals surface area (Å²) in [6, 6.07) is 5.51. The number of nitrogens with zero attached hydrogens (tertiary/aromatic N) is 1. The number of rotatable bonds is 5. The van der Waals surface area contributed by atoms with Crippen LogP contribution in [0.25, 0.3) is 0 Å². The molecule has 0 aromatic heterocycles. The minimum Gasteiger partial charge on any atom is -0.489 e. The Morgan fingerprint density at radius 1 is 1.33 bits per heavy atom. The number of carbonyl (C=O) groups excluding carboxylic acids is 1. The molecule has 0 atom stereocenters. The fraction of sp³-hybridized carbons (Fsp3) is 0.562. The van der Waals surface area contributed by atoms with Crippen LogP contribution in [-0.2, 0) is 4.79 Å². The molecule has 0 spiro atoms. The fourth-order valence-electron chi connectivity index (χ4n) is 2.43. The Balaban J connectivity index is 1.91. The van der Waals surface area contributed by atoms with E-state index in [4.69, 9.17) is 10.5 Å². The van der Waals surface area contributed by atoms with Gasteiger partial charge in [-0.25, -0.2) is 0 Å². The van der Waals surface area contributed by atoms with Gasteiger partial charge in [0, 0.05) is 24.8 Å². The predicted molar refractivity (Wildman–Crippen MR) is 85.5 cm³/mol. The maximum Gasteiger partial charge on any atom is 0.241 e. The Hall–Kier alpha value is -1.91. The molecule has 1 aliphatic rings. The van der Waals surface area contributed by atoms with Crippen LogP contribution in [0.5, 0.6) is 5.75 Å². The van der Waals surface area contributed by atoms with Gasteiger partial charge in [-0.2, -0.15) is 0 Å². The Morgan fingerprint density at radius 2 is 2.05 bits per heavy atom. The molecule has 0 unspecified atom stereocenters. The molecular formula is C16H25N3O2. The molecule has 1 heterocycles. The summed E-state index contributed by atoms with van der Waals surface area (Å²) < 4.78 is 5.65. The SMILES string of the molecule is CC(C)Oc1cc(NCC(=O)N2CCCCC2)ccc1N. The first-order chi connectivity index (χ1) is 10.1. The zero-order valence-electron chi connectivity index (χ0n) is 12.9. The van der Waals surface area contributed by atoms with Crippen molar-refractivity contribution in [3.63, 3.8) is 0 Å². The molecule has 116 valence electrons. The Bertz CT molecular complexity index is 482. The number of hydrogen-bond acceptors (Lipinski definition) is 4. The van der Waals surface area contributed by atoms with Crippen LogP contribution in [0.3, 0.4) is 0 Å². The third kappa shape index (κ3) is 4.55. The van der Waals surface area contributed by atoms with E-state index in [1.165, 1.54) is 6.42 Å². The molecule has 2 rings (SSSR count). The second kappa shape index (κ2) is 7.20. The summed E-state index contributed by atoms with van der Waals surface area (Å²) in [5.41, 5.74) is 7.34. The van der Waals surface area contributed by atoms with E-state index in [-0.39, 0.29) is 12.0 Å². The number of hydrogen-bond donors (Lipinski definition) is 2. The van der Waals surface area contributed by atoms with Crippen LogP contribution in [0.15, 0.2) is 18.2 Å². The van der Waals surface area contributed by atoms with Crippen molar-refractivity contribution in [3.8, 4) is 5.75 Å². The van der Waals surface area contributed by atoms with Crippen molar-refractivity contribution < 1.29 is 9.53 Å². The molecular weight excluding hydrogens is 266 g/mol. The quantitative estimate of drug-likeness (QED) is 0.818. The molecule has 0 saturated carbocycles. The standard InChI is InChI=1S/C16H25N3O2/c1-12(2)21-15-10-13(6-7-14(15)17)18-11-16(20)19-8-4-3-5-9-19/h6-7,10,12,18H,3-5,8-9,11,17H2,1-2H3. The zero-order valence-corrected chi connectivity index (χ0v) is 12.9. The molecule has 1 aromatic carbocycles. The second-order valence-corrected chi connectivity index (χ2v) is 5.71. The molecule has 1 aliphatic heterocycles. The van der Waals surface area contributed by atoms with Crippen molar-refractivity contribution >= 4 is 17.3 Å². The number of nitrogen functional groups attached to an aromatic ring is 1. The summed E-state index contributed by atoms with van der Waals surface area (Å²) in [5, 5.41) is 3.16. The monoisotopic (exact) mass is 291 g/mol. The van der Waals surface area contributed by atoms with Crippen LogP contribution in [0.4, 0.5) is 11.4 Å². The van der Waals surface area contributed by atoms with Crippen LogP contribution in [0.2, 0.25) is 0 Å². The highest BCUT2D eigenvalue weighted by atomic mass is 16.5. The number of amides is 1. The van der Waals surface area contributed by atoms with Crippen molar-refractivity contribution in [1.82, 2.24) is 4.90 Å². The lowest BCUT2D eigenvalue weighted by molar-refractivity contribution is -0.130. The Labute approximate surface area is 126 Å². The number of benzene rings is 1. The van der Waals surface area contributed by atoms with Gasteiger partial charge in [-0.3, -0.25) is 4.79 Å². The van der Waals surface area contributed by atoms with Gasteiger partial charge in [-0.1, -0.05) is 0 Å². The molecule has 0 aliphatic carbocycles. The van der Waals surface area contributed by atoms with E-state index < -0.39 is 0 Å². The molecule has 3 N–H and O–H groups in total. The first kappa shape index (κ1) is 15.5. The minimum atomic E-state index is 0.0672. The van der Waals surface area contributed by atoms with Crippen molar-refractivity contribution in [1.29, 1.82) is 0 Å². The average molecular weight is 291 g/mol. The highest BCUT2D eigenvalue weighted by Gasteiger charge is 2.16. The molecule has 1 fully saturated rings. The summed E-state index contributed by atoms with van der Waals surface area (Å²) >= 11 is 0. The van der Waals surface area contributed by atoms with Crippen LogP contribution in [0.1, 0.15) is 33.1 Å². The number of anilines is 2. The maximum absolute atomic E-state index is 12.1. The first-order valence-electron chi connectivity index (χ1n) is 7.64. The number of piperidine rings is 1. The highest BCUT2D eigenvalue weighted by Crippen LogP contribution is 2.26. The number of nitrogens with one attached hydrogen (secondary N) is 1. The molecule has 1 saturated heterocycles. The topological polar surface area (TPSA) is 67.6 Å². The number of ether oxygens (including phenoxy) is 1. The number of carbonyl (C=O) groups is 1. The van der Waals surface area contributed by atoms with Crippen molar-refractivity contribution in [2.45, 2.75) is 39.2 Å². The molecule has 0 radical (unpaired) electrons. The summed E-state index contributed by atoms with van der Waals surface area (Å²) in [5.74, 6) is 0.804. The predicted octanol–water partition coefficient (Wildman–Crippen LogP) is 2.48. The van der Waals surface area contributed by atoms with Gasteiger partial charge in [0.05, 0.1) is 18.3 Å². The normalized spacial score (nSPS) is 15.1. The minimum absolute atomic E-state index is 0.0672.